The first-order chi connectivity index (χ1) is 20.9. The van der Waals surface area contributed by atoms with Crippen molar-refractivity contribution in [2.24, 2.45) is 5.92 Å². The number of rotatable bonds is 7. The number of amides is 1. The van der Waals surface area contributed by atoms with Crippen LogP contribution in [0.15, 0.2) is 41.8 Å². The van der Waals surface area contributed by atoms with Gasteiger partial charge in [-0.25, -0.2) is 0 Å². The average Bonchev–Trinajstić information content (AvgIpc) is 3.45. The maximum Gasteiger partial charge on any atom is 0.246 e. The molecule has 11 heteroatoms. The summed E-state index contributed by atoms with van der Waals surface area (Å²) in [4.78, 5) is 34.8. The molecule has 1 aromatic rings. The summed E-state index contributed by atoms with van der Waals surface area (Å²) < 4.78 is 11.9. The predicted molar refractivity (Wildman–Crippen MR) is 164 cm³/mol. The van der Waals surface area contributed by atoms with E-state index in [4.69, 9.17) is 9.47 Å². The highest BCUT2D eigenvalue weighted by molar-refractivity contribution is 8.01. The van der Waals surface area contributed by atoms with Gasteiger partial charge in [-0.05, 0) is 63.4 Å². The molecular formula is C32H44N6O4S. The van der Waals surface area contributed by atoms with Crippen LogP contribution in [0.2, 0.25) is 0 Å². The number of ether oxygens (including phenoxy) is 2. The minimum Gasteiger partial charge on any atom is -0.377 e. The van der Waals surface area contributed by atoms with Gasteiger partial charge in [0.25, 0.3) is 0 Å². The third-order valence-electron chi connectivity index (χ3n) is 10.3. The van der Waals surface area contributed by atoms with Crippen LogP contribution in [-0.2, 0) is 19.1 Å². The molecule has 6 rings (SSSR count). The largest absolute Gasteiger partial charge is 0.377 e. The number of carbonyl (C=O) groups is 2. The van der Waals surface area contributed by atoms with Crippen LogP contribution in [0.25, 0.3) is 0 Å². The van der Waals surface area contributed by atoms with Crippen LogP contribution in [0.1, 0.15) is 50.2 Å². The number of carbonyl (C=O) groups excluding carboxylic acids is 2. The number of nitrogens with zero attached hydrogens (tertiary/aromatic N) is 4. The number of likely N-dealkylation sites (N-methyl/N-ethyl adjacent to an activating group) is 1. The summed E-state index contributed by atoms with van der Waals surface area (Å²) in [6, 6.07) is 10.3. The molecule has 0 aromatic heterocycles. The molecule has 10 nitrogen and oxygen atoms in total. The van der Waals surface area contributed by atoms with E-state index >= 15 is 0 Å². The SMILES string of the molecule is C=CC(=O)N1CCN(C2NC(OCC3CCCN3C)NC3C(=O)[C@]4(CCC32)CC(OC)c2ccccc2S4)CC1CC#N. The van der Waals surface area contributed by atoms with E-state index in [0.717, 1.165) is 42.7 Å². The lowest BCUT2D eigenvalue weighted by atomic mass is 9.71. The lowest BCUT2D eigenvalue weighted by Gasteiger charge is -2.55. The van der Waals surface area contributed by atoms with E-state index in [2.05, 4.69) is 52.3 Å². The first kappa shape index (κ1) is 30.7. The zero-order chi connectivity index (χ0) is 30.1. The Morgan fingerprint density at radius 3 is 2.81 bits per heavy atom. The molecule has 1 spiro atoms. The number of hydrogen-bond donors (Lipinski definition) is 2. The van der Waals surface area contributed by atoms with Crippen LogP contribution < -0.4 is 10.6 Å². The van der Waals surface area contributed by atoms with E-state index in [9.17, 15) is 14.9 Å². The molecule has 1 amide bonds. The molecule has 2 N–H and O–H groups in total. The number of ketones is 1. The normalized spacial score (nSPS) is 36.6. The van der Waals surface area contributed by atoms with Gasteiger partial charge in [-0.3, -0.25) is 25.1 Å². The van der Waals surface area contributed by atoms with Crippen LogP contribution in [0.5, 0.6) is 0 Å². The summed E-state index contributed by atoms with van der Waals surface area (Å²) in [6.07, 6.45) is 5.39. The van der Waals surface area contributed by atoms with Gasteiger partial charge in [0.15, 0.2) is 12.1 Å². The van der Waals surface area contributed by atoms with E-state index < -0.39 is 11.1 Å². The highest BCUT2D eigenvalue weighted by Gasteiger charge is 2.57. The number of methoxy groups -OCH3 is 1. The van der Waals surface area contributed by atoms with Crippen molar-refractivity contribution >= 4 is 23.5 Å². The van der Waals surface area contributed by atoms with E-state index in [1.54, 1.807) is 23.8 Å². The van der Waals surface area contributed by atoms with Crippen molar-refractivity contribution in [3.8, 4) is 6.07 Å². The molecule has 4 aliphatic heterocycles. The molecular weight excluding hydrogens is 564 g/mol. The Labute approximate surface area is 259 Å². The Hall–Kier alpha value is -2.30. The van der Waals surface area contributed by atoms with Gasteiger partial charge in [0.2, 0.25) is 5.91 Å². The second kappa shape index (κ2) is 13.0. The standard InChI is InChI=1S/C32H44N6O4S/c1-4-27(39)38-17-16-37(19-21(38)12-14-33)30-24-11-13-32(18-25(41-3)23-9-5-6-10-26(23)43-32)29(40)28(24)34-31(35-30)42-20-22-8-7-15-36(22)2/h4-6,9-10,21-22,24-25,28,30-31,34-35H,1,7-8,11-13,15-20H2,2-3H3/t21?,22?,24?,25?,28?,30?,31?,32-/m0/s1. The summed E-state index contributed by atoms with van der Waals surface area (Å²) >= 11 is 1.71. The van der Waals surface area contributed by atoms with Crippen LogP contribution in [-0.4, -0.2) is 109 Å². The van der Waals surface area contributed by atoms with Gasteiger partial charge in [-0.2, -0.15) is 5.26 Å². The molecule has 43 heavy (non-hydrogen) atoms. The van der Waals surface area contributed by atoms with Crippen molar-refractivity contribution in [3.05, 3.63) is 42.5 Å². The van der Waals surface area contributed by atoms with Crippen LogP contribution in [0, 0.1) is 17.2 Å². The molecule has 4 heterocycles. The summed E-state index contributed by atoms with van der Waals surface area (Å²) in [5.41, 5.74) is 1.16. The monoisotopic (exact) mass is 608 g/mol. The zero-order valence-corrected chi connectivity index (χ0v) is 26.1. The summed E-state index contributed by atoms with van der Waals surface area (Å²) in [5, 5.41) is 16.9. The van der Waals surface area contributed by atoms with Gasteiger partial charge in [-0.1, -0.05) is 24.8 Å². The van der Waals surface area contributed by atoms with Gasteiger partial charge in [0, 0.05) is 43.6 Å². The van der Waals surface area contributed by atoms with Crippen molar-refractivity contribution < 1.29 is 19.1 Å². The molecule has 5 aliphatic rings. The smallest absolute Gasteiger partial charge is 0.246 e. The van der Waals surface area contributed by atoms with Crippen LogP contribution in [0.4, 0.5) is 0 Å². The second-order valence-electron chi connectivity index (χ2n) is 12.6. The highest BCUT2D eigenvalue weighted by atomic mass is 32.2. The fourth-order valence-electron chi connectivity index (χ4n) is 7.90. The van der Waals surface area contributed by atoms with Crippen molar-refractivity contribution in [1.29, 1.82) is 5.26 Å². The number of nitriles is 1. The number of piperazine rings is 1. The first-order valence-corrected chi connectivity index (χ1v) is 16.4. The summed E-state index contributed by atoms with van der Waals surface area (Å²) in [6.45, 7) is 7.03. The molecule has 0 radical (unpaired) electrons. The third kappa shape index (κ3) is 5.91. The molecule has 4 fully saturated rings. The lowest BCUT2D eigenvalue weighted by Crippen LogP contribution is -2.75. The predicted octanol–water partition coefficient (Wildman–Crippen LogP) is 2.48. The maximum atomic E-state index is 14.7. The highest BCUT2D eigenvalue weighted by Crippen LogP contribution is 2.55. The zero-order valence-electron chi connectivity index (χ0n) is 25.2. The van der Waals surface area contributed by atoms with Gasteiger partial charge >= 0.3 is 0 Å². The molecule has 7 unspecified atom stereocenters. The Morgan fingerprint density at radius 2 is 2.07 bits per heavy atom. The van der Waals surface area contributed by atoms with Crippen LogP contribution >= 0.6 is 11.8 Å². The van der Waals surface area contributed by atoms with Crippen molar-refractivity contribution in [2.45, 2.75) is 84.9 Å². The summed E-state index contributed by atoms with van der Waals surface area (Å²) in [5.74, 6) is 0.0998. The quantitative estimate of drug-likeness (QED) is 0.448. The Balaban J connectivity index is 1.26. The molecule has 1 aromatic carbocycles. The fourth-order valence-corrected chi connectivity index (χ4v) is 9.47. The molecule has 8 atom stereocenters. The lowest BCUT2D eigenvalue weighted by molar-refractivity contribution is -0.146. The second-order valence-corrected chi connectivity index (χ2v) is 14.0. The number of fused-ring (bicyclic) bond motifs is 2. The third-order valence-corrected chi connectivity index (χ3v) is 11.8. The summed E-state index contributed by atoms with van der Waals surface area (Å²) in [7, 11) is 3.87. The Kier molecular flexibility index (Phi) is 9.27. The number of likely N-dealkylation sites (tertiary alicyclic amines) is 1. The molecule has 232 valence electrons. The topological polar surface area (TPSA) is 110 Å². The number of nitrogens with one attached hydrogen (secondary N) is 2. The molecule has 1 saturated carbocycles. The minimum absolute atomic E-state index is 0.0234. The maximum absolute atomic E-state index is 14.7. The number of hydrogen-bond acceptors (Lipinski definition) is 10. The van der Waals surface area contributed by atoms with Crippen molar-refractivity contribution in [2.75, 3.05) is 46.9 Å². The van der Waals surface area contributed by atoms with Gasteiger partial charge in [0.1, 0.15) is 0 Å². The van der Waals surface area contributed by atoms with Crippen molar-refractivity contribution in [1.82, 2.24) is 25.3 Å². The van der Waals surface area contributed by atoms with Gasteiger partial charge < -0.3 is 19.3 Å². The molecule has 0 bridgehead atoms. The number of thioether (sulfide) groups is 1. The molecule has 1 aliphatic carbocycles. The van der Waals surface area contributed by atoms with E-state index in [1.165, 1.54) is 6.08 Å². The fraction of sp³-hybridized carbons (Fsp3) is 0.656. The Morgan fingerprint density at radius 1 is 1.23 bits per heavy atom. The van der Waals surface area contributed by atoms with Gasteiger partial charge in [-0.15, -0.1) is 11.8 Å². The number of Topliss-reactive ketones (excluding diaryl/α,β-unsaturated/α-hetero) is 1. The Bertz CT molecular complexity index is 1260. The van der Waals surface area contributed by atoms with E-state index in [1.807, 2.05) is 12.1 Å². The molecule has 3 saturated heterocycles. The van der Waals surface area contributed by atoms with E-state index in [0.29, 0.717) is 38.7 Å². The first-order valence-electron chi connectivity index (χ1n) is 15.6. The van der Waals surface area contributed by atoms with E-state index in [-0.39, 0.29) is 48.4 Å². The van der Waals surface area contributed by atoms with Crippen LogP contribution in [0.3, 0.4) is 0 Å². The average molecular weight is 609 g/mol. The van der Waals surface area contributed by atoms with Crippen molar-refractivity contribution in [3.63, 3.8) is 0 Å². The minimum atomic E-state index is -0.570. The number of benzene rings is 1. The van der Waals surface area contributed by atoms with Gasteiger partial charge in [0.05, 0.1) is 48.2 Å².